The molecule has 0 spiro atoms. The second kappa shape index (κ2) is 5.60. The van der Waals surface area contributed by atoms with Crippen LogP contribution < -0.4 is 16.0 Å². The van der Waals surface area contributed by atoms with E-state index in [4.69, 9.17) is 15.0 Å². The molecule has 0 aliphatic carbocycles. The van der Waals surface area contributed by atoms with Crippen LogP contribution in [0.4, 0.5) is 0 Å². The van der Waals surface area contributed by atoms with Crippen LogP contribution in [0.2, 0.25) is 0 Å². The number of ether oxygens (including phenoxy) is 1. The molecule has 0 bridgehead atoms. The number of fused-ring (bicyclic) bond motifs is 1. The molecule has 0 aliphatic rings. The second-order valence-electron chi connectivity index (χ2n) is 5.01. The topological polar surface area (TPSA) is 60.4 Å². The highest BCUT2D eigenvalue weighted by Crippen LogP contribution is 2.30. The lowest BCUT2D eigenvalue weighted by Crippen LogP contribution is -2.28. The molecule has 0 saturated heterocycles. The molecule has 108 valence electrons. The summed E-state index contributed by atoms with van der Waals surface area (Å²) in [5.74, 6) is 7.34. The maximum absolute atomic E-state index is 5.99. The molecule has 2 aromatic carbocycles. The van der Waals surface area contributed by atoms with Crippen molar-refractivity contribution in [2.45, 2.75) is 13.0 Å². The molecule has 3 N–H and O–H groups in total. The fourth-order valence-corrected chi connectivity index (χ4v) is 2.51. The van der Waals surface area contributed by atoms with Gasteiger partial charge in [0.15, 0.2) is 0 Å². The Morgan fingerprint density at radius 1 is 1.14 bits per heavy atom. The number of hydrogen-bond donors (Lipinski definition) is 2. The number of benzene rings is 2. The summed E-state index contributed by atoms with van der Waals surface area (Å²) >= 11 is 0. The van der Waals surface area contributed by atoms with Gasteiger partial charge in [0.25, 0.3) is 0 Å². The van der Waals surface area contributed by atoms with Gasteiger partial charge in [-0.15, -0.1) is 0 Å². The summed E-state index contributed by atoms with van der Waals surface area (Å²) in [6.45, 7) is 2.04. The molecule has 3 aromatic rings. The van der Waals surface area contributed by atoms with Gasteiger partial charge in [0.2, 0.25) is 0 Å². The van der Waals surface area contributed by atoms with E-state index in [1.165, 1.54) is 0 Å². The summed E-state index contributed by atoms with van der Waals surface area (Å²) in [5, 5.41) is 1.08. The average Bonchev–Trinajstić information content (AvgIpc) is 2.94. The van der Waals surface area contributed by atoms with Gasteiger partial charge in [-0.05, 0) is 36.2 Å². The maximum Gasteiger partial charge on any atom is 0.137 e. The van der Waals surface area contributed by atoms with E-state index < -0.39 is 0 Å². The van der Waals surface area contributed by atoms with E-state index in [9.17, 15) is 0 Å². The van der Waals surface area contributed by atoms with Crippen LogP contribution in [-0.2, 0) is 0 Å². The maximum atomic E-state index is 5.99. The summed E-state index contributed by atoms with van der Waals surface area (Å²) in [4.78, 5) is 0. The summed E-state index contributed by atoms with van der Waals surface area (Å²) in [7, 11) is 1.65. The summed E-state index contributed by atoms with van der Waals surface area (Å²) in [6, 6.07) is 15.7. The normalized spacial score (nSPS) is 12.5. The number of aryl methyl sites for hydroxylation is 1. The van der Waals surface area contributed by atoms with E-state index in [2.05, 4.69) is 5.43 Å². The van der Waals surface area contributed by atoms with Crippen LogP contribution >= 0.6 is 0 Å². The summed E-state index contributed by atoms with van der Waals surface area (Å²) < 4.78 is 11.2. The van der Waals surface area contributed by atoms with Gasteiger partial charge in [0.1, 0.15) is 23.1 Å². The molecular formula is C17H18N2O2. The number of methoxy groups -OCH3 is 1. The van der Waals surface area contributed by atoms with Gasteiger partial charge in [-0.3, -0.25) is 5.84 Å². The van der Waals surface area contributed by atoms with Crippen molar-refractivity contribution in [3.8, 4) is 5.75 Å². The Balaban J connectivity index is 2.02. The Labute approximate surface area is 123 Å². The lowest BCUT2D eigenvalue weighted by molar-refractivity contribution is 0.414. The van der Waals surface area contributed by atoms with Crippen LogP contribution in [0.25, 0.3) is 11.0 Å². The molecule has 1 heterocycles. The predicted octanol–water partition coefficient (Wildman–Crippen LogP) is 3.30. The van der Waals surface area contributed by atoms with Crippen molar-refractivity contribution in [2.75, 3.05) is 7.11 Å². The van der Waals surface area contributed by atoms with Crippen molar-refractivity contribution >= 4 is 11.0 Å². The molecule has 0 amide bonds. The van der Waals surface area contributed by atoms with Crippen LogP contribution in [0.1, 0.15) is 22.9 Å². The molecule has 1 aromatic heterocycles. The highest BCUT2D eigenvalue weighted by atomic mass is 16.5. The first-order chi connectivity index (χ1) is 10.2. The van der Waals surface area contributed by atoms with Gasteiger partial charge in [0.05, 0.1) is 7.11 Å². The largest absolute Gasteiger partial charge is 0.497 e. The zero-order chi connectivity index (χ0) is 14.8. The molecule has 1 unspecified atom stereocenters. The van der Waals surface area contributed by atoms with Crippen LogP contribution in [0.3, 0.4) is 0 Å². The van der Waals surface area contributed by atoms with E-state index in [-0.39, 0.29) is 6.04 Å². The molecule has 0 aliphatic heterocycles. The average molecular weight is 282 g/mol. The molecule has 4 heteroatoms. The highest BCUT2D eigenvalue weighted by molar-refractivity contribution is 5.81. The molecule has 0 fully saturated rings. The first-order valence-corrected chi connectivity index (χ1v) is 6.82. The number of nitrogens with one attached hydrogen (secondary N) is 1. The number of hydrazine groups is 1. The van der Waals surface area contributed by atoms with Crippen molar-refractivity contribution in [1.29, 1.82) is 0 Å². The fourth-order valence-electron chi connectivity index (χ4n) is 2.51. The van der Waals surface area contributed by atoms with Crippen LogP contribution in [-0.4, -0.2) is 7.11 Å². The van der Waals surface area contributed by atoms with Crippen LogP contribution in [0.15, 0.2) is 52.9 Å². The van der Waals surface area contributed by atoms with Crippen molar-refractivity contribution in [1.82, 2.24) is 5.43 Å². The zero-order valence-corrected chi connectivity index (χ0v) is 12.1. The van der Waals surface area contributed by atoms with Gasteiger partial charge >= 0.3 is 0 Å². The van der Waals surface area contributed by atoms with Crippen molar-refractivity contribution in [3.63, 3.8) is 0 Å². The summed E-state index contributed by atoms with van der Waals surface area (Å²) in [6.07, 6.45) is 0. The number of para-hydroxylation sites is 1. The van der Waals surface area contributed by atoms with E-state index in [1.807, 2.05) is 55.5 Å². The number of hydrogen-bond acceptors (Lipinski definition) is 4. The first-order valence-electron chi connectivity index (χ1n) is 6.82. The second-order valence-corrected chi connectivity index (χ2v) is 5.01. The predicted molar refractivity (Wildman–Crippen MR) is 83.1 cm³/mol. The van der Waals surface area contributed by atoms with Crippen molar-refractivity contribution in [3.05, 3.63) is 65.4 Å². The third-order valence-corrected chi connectivity index (χ3v) is 3.66. The SMILES string of the molecule is COc1ccc(C(NN)c2cc3cccc(C)c3o2)cc1. The van der Waals surface area contributed by atoms with Crippen LogP contribution in [0.5, 0.6) is 5.75 Å². The van der Waals surface area contributed by atoms with Crippen molar-refractivity contribution in [2.24, 2.45) is 5.84 Å². The molecule has 21 heavy (non-hydrogen) atoms. The van der Waals surface area contributed by atoms with Gasteiger partial charge in [-0.2, -0.15) is 0 Å². The Morgan fingerprint density at radius 2 is 1.90 bits per heavy atom. The van der Waals surface area contributed by atoms with Gasteiger partial charge in [-0.25, -0.2) is 5.43 Å². The number of furan rings is 1. The minimum atomic E-state index is -0.192. The fraction of sp³-hybridized carbons (Fsp3) is 0.176. The Kier molecular flexibility index (Phi) is 3.64. The minimum Gasteiger partial charge on any atom is -0.497 e. The lowest BCUT2D eigenvalue weighted by Gasteiger charge is -2.14. The first kappa shape index (κ1) is 13.7. The molecular weight excluding hydrogens is 264 g/mol. The van der Waals surface area contributed by atoms with E-state index in [0.29, 0.717) is 0 Å². The van der Waals surface area contributed by atoms with Crippen LogP contribution in [0, 0.1) is 6.92 Å². The lowest BCUT2D eigenvalue weighted by atomic mass is 10.0. The molecule has 0 radical (unpaired) electrons. The monoisotopic (exact) mass is 282 g/mol. The standard InChI is InChI=1S/C17H18N2O2/c1-11-4-3-5-13-10-15(21-17(11)13)16(19-18)12-6-8-14(20-2)9-7-12/h3-10,16,19H,18H2,1-2H3. The third-order valence-electron chi connectivity index (χ3n) is 3.66. The minimum absolute atomic E-state index is 0.192. The van der Waals surface area contributed by atoms with E-state index in [1.54, 1.807) is 7.11 Å². The molecule has 1 atom stereocenters. The third kappa shape index (κ3) is 2.51. The zero-order valence-electron chi connectivity index (χ0n) is 12.1. The number of rotatable bonds is 4. The molecule has 4 nitrogen and oxygen atoms in total. The molecule has 0 saturated carbocycles. The smallest absolute Gasteiger partial charge is 0.137 e. The Morgan fingerprint density at radius 3 is 2.52 bits per heavy atom. The quantitative estimate of drug-likeness (QED) is 0.569. The number of nitrogens with two attached hydrogens (primary N) is 1. The highest BCUT2D eigenvalue weighted by Gasteiger charge is 2.17. The summed E-state index contributed by atoms with van der Waals surface area (Å²) in [5.41, 5.74) is 5.86. The Bertz CT molecular complexity index is 747. The van der Waals surface area contributed by atoms with Gasteiger partial charge in [-0.1, -0.05) is 30.3 Å². The molecule has 3 rings (SSSR count). The van der Waals surface area contributed by atoms with Gasteiger partial charge in [0, 0.05) is 5.39 Å². The van der Waals surface area contributed by atoms with Crippen molar-refractivity contribution < 1.29 is 9.15 Å². The van der Waals surface area contributed by atoms with Gasteiger partial charge < -0.3 is 9.15 Å². The Hall–Kier alpha value is -2.30. The van der Waals surface area contributed by atoms with E-state index >= 15 is 0 Å². The van der Waals surface area contributed by atoms with E-state index in [0.717, 1.165) is 33.6 Å².